The van der Waals surface area contributed by atoms with Gasteiger partial charge < -0.3 is 19.6 Å². The van der Waals surface area contributed by atoms with E-state index in [2.05, 4.69) is 22.5 Å². The summed E-state index contributed by atoms with van der Waals surface area (Å²) >= 11 is 5.31. The highest BCUT2D eigenvalue weighted by Crippen LogP contribution is 2.68. The molecule has 3 aliphatic rings. The monoisotopic (exact) mass is 516 g/mol. The molecule has 0 saturated carbocycles. The van der Waals surface area contributed by atoms with E-state index in [1.54, 1.807) is 34.6 Å². The second kappa shape index (κ2) is 9.43. The average molecular weight is 517 g/mol. The lowest BCUT2D eigenvalue weighted by Gasteiger charge is -2.40. The number of esters is 1. The first kappa shape index (κ1) is 24.6. The zero-order valence-electron chi connectivity index (χ0n) is 18.6. The fourth-order valence-electron chi connectivity index (χ4n) is 5.51. The molecule has 7 nitrogen and oxygen atoms in total. The maximum absolute atomic E-state index is 14.0. The van der Waals surface area contributed by atoms with Crippen LogP contribution in [0.1, 0.15) is 40.5 Å². The molecule has 0 aromatic carbocycles. The molecule has 3 unspecified atom stereocenters. The zero-order chi connectivity index (χ0) is 23.1. The number of ether oxygens (including phenoxy) is 1. The van der Waals surface area contributed by atoms with Crippen molar-refractivity contribution < 1.29 is 24.2 Å². The number of nitrogens with zero attached hydrogens (tertiary/aromatic N) is 2. The van der Waals surface area contributed by atoms with Crippen molar-refractivity contribution >= 4 is 45.5 Å². The van der Waals surface area contributed by atoms with Gasteiger partial charge in [-0.1, -0.05) is 28.9 Å². The van der Waals surface area contributed by atoms with E-state index in [1.807, 2.05) is 20.8 Å². The number of aliphatic hydroxyl groups excluding tert-OH is 1. The lowest BCUT2D eigenvalue weighted by atomic mass is 9.71. The Kier molecular flexibility index (Phi) is 7.48. The predicted octanol–water partition coefficient (Wildman–Crippen LogP) is 2.21. The Labute approximate surface area is 197 Å². The molecular formula is C22H33BrN2O5S. The molecule has 31 heavy (non-hydrogen) atoms. The summed E-state index contributed by atoms with van der Waals surface area (Å²) in [7, 11) is 0. The van der Waals surface area contributed by atoms with Crippen molar-refractivity contribution in [2.24, 2.45) is 11.8 Å². The number of fused-ring (bicyclic) bond motifs is 1. The van der Waals surface area contributed by atoms with Gasteiger partial charge in [0.2, 0.25) is 11.8 Å². The highest BCUT2D eigenvalue weighted by atomic mass is 79.9. The number of likely N-dealkylation sites (tertiary alicyclic amines) is 1. The Hall–Kier alpha value is -1.06. The number of hydrogen-bond acceptors (Lipinski definition) is 6. The van der Waals surface area contributed by atoms with Gasteiger partial charge in [0.1, 0.15) is 6.04 Å². The van der Waals surface area contributed by atoms with Crippen molar-refractivity contribution in [2.45, 2.75) is 73.5 Å². The van der Waals surface area contributed by atoms with E-state index in [0.29, 0.717) is 19.4 Å². The summed E-state index contributed by atoms with van der Waals surface area (Å²) in [5.74, 6) is -1.95. The van der Waals surface area contributed by atoms with E-state index < -0.39 is 28.7 Å². The SMILES string of the molecule is C=CCN(C(=O)C1N([C@@H](CC)CO)C(=O)[C@@H]2[C@@H](C(=O)OCC)[C@@H]3SC12CC3Br)C(C)C. The van der Waals surface area contributed by atoms with E-state index in [9.17, 15) is 19.5 Å². The van der Waals surface area contributed by atoms with Crippen molar-refractivity contribution in [1.82, 2.24) is 9.80 Å². The van der Waals surface area contributed by atoms with Gasteiger partial charge in [-0.25, -0.2) is 0 Å². The van der Waals surface area contributed by atoms with E-state index in [-0.39, 0.29) is 47.1 Å². The highest BCUT2D eigenvalue weighted by molar-refractivity contribution is 9.09. The van der Waals surface area contributed by atoms with Crippen LogP contribution in [-0.2, 0) is 19.1 Å². The van der Waals surface area contributed by atoms with E-state index >= 15 is 0 Å². The van der Waals surface area contributed by atoms with Gasteiger partial charge in [-0.2, -0.15) is 0 Å². The van der Waals surface area contributed by atoms with Crippen molar-refractivity contribution in [3.63, 3.8) is 0 Å². The van der Waals surface area contributed by atoms with Crippen molar-refractivity contribution in [3.8, 4) is 0 Å². The molecule has 9 heteroatoms. The van der Waals surface area contributed by atoms with Crippen LogP contribution in [0.5, 0.6) is 0 Å². The number of aliphatic hydroxyl groups is 1. The Morgan fingerprint density at radius 3 is 2.65 bits per heavy atom. The number of hydrogen-bond donors (Lipinski definition) is 1. The average Bonchev–Trinajstić information content (AvgIpc) is 3.31. The number of carbonyl (C=O) groups excluding carboxylic acids is 3. The second-order valence-corrected chi connectivity index (χ2v) is 11.5. The molecular weight excluding hydrogens is 484 g/mol. The van der Waals surface area contributed by atoms with Gasteiger partial charge in [0.25, 0.3) is 0 Å². The van der Waals surface area contributed by atoms with Crippen LogP contribution in [0.2, 0.25) is 0 Å². The van der Waals surface area contributed by atoms with Crippen LogP contribution < -0.4 is 0 Å². The first-order valence-electron chi connectivity index (χ1n) is 11.0. The molecule has 0 aromatic rings. The Morgan fingerprint density at radius 2 is 2.13 bits per heavy atom. The van der Waals surface area contributed by atoms with Gasteiger partial charge in [-0.05, 0) is 33.6 Å². The first-order chi connectivity index (χ1) is 14.7. The first-order valence-corrected chi connectivity index (χ1v) is 12.8. The molecule has 174 valence electrons. The van der Waals surface area contributed by atoms with Crippen LogP contribution in [0.25, 0.3) is 0 Å². The summed E-state index contributed by atoms with van der Waals surface area (Å²) in [5, 5.41) is 9.93. The van der Waals surface area contributed by atoms with Crippen molar-refractivity contribution in [2.75, 3.05) is 19.8 Å². The summed E-state index contributed by atoms with van der Waals surface area (Å²) in [6.07, 6.45) is 2.82. The molecule has 2 amide bonds. The third kappa shape index (κ3) is 3.74. The van der Waals surface area contributed by atoms with Crippen LogP contribution in [0.4, 0.5) is 0 Å². The molecule has 1 N–H and O–H groups in total. The fraction of sp³-hybridized carbons (Fsp3) is 0.773. The number of halogens is 1. The Bertz CT molecular complexity index is 745. The number of alkyl halides is 1. The minimum absolute atomic E-state index is 0.00677. The summed E-state index contributed by atoms with van der Waals surface area (Å²) in [6.45, 7) is 11.7. The van der Waals surface area contributed by atoms with Crippen molar-refractivity contribution in [1.29, 1.82) is 0 Å². The van der Waals surface area contributed by atoms with Gasteiger partial charge in [0, 0.05) is 22.7 Å². The van der Waals surface area contributed by atoms with Gasteiger partial charge in [0.15, 0.2) is 0 Å². The third-order valence-electron chi connectivity index (χ3n) is 6.83. The van der Waals surface area contributed by atoms with Gasteiger partial charge in [-0.15, -0.1) is 18.3 Å². The lowest BCUT2D eigenvalue weighted by molar-refractivity contribution is -0.154. The minimum atomic E-state index is -0.737. The summed E-state index contributed by atoms with van der Waals surface area (Å²) in [5.41, 5.74) is 0. The molecule has 0 aliphatic carbocycles. The smallest absolute Gasteiger partial charge is 0.310 e. The van der Waals surface area contributed by atoms with Gasteiger partial charge >= 0.3 is 5.97 Å². The third-order valence-corrected chi connectivity index (χ3v) is 10.0. The quantitative estimate of drug-likeness (QED) is 0.287. The molecule has 2 bridgehead atoms. The number of carbonyl (C=O) groups is 3. The standard InChI is InChI=1S/C22H33BrN2O5S/c1-6-9-24(12(4)5)20(28)18-22-10-14(23)17(31-22)15(21(29)30-8-3)16(22)19(27)25(18)13(7-2)11-26/h6,12-18,26H,1,7-11H2,2-5H3/t13-,14?,15+,16-,17+,18?,22?/m0/s1. The molecule has 3 heterocycles. The molecule has 0 radical (unpaired) electrons. The van der Waals surface area contributed by atoms with E-state index in [0.717, 1.165) is 0 Å². The maximum atomic E-state index is 14.0. The number of rotatable bonds is 9. The molecule has 3 fully saturated rings. The Morgan fingerprint density at radius 1 is 1.45 bits per heavy atom. The van der Waals surface area contributed by atoms with E-state index in [4.69, 9.17) is 4.74 Å². The van der Waals surface area contributed by atoms with Gasteiger partial charge in [0.05, 0.1) is 35.8 Å². The normalized spacial score (nSPS) is 34.7. The minimum Gasteiger partial charge on any atom is -0.466 e. The highest BCUT2D eigenvalue weighted by Gasteiger charge is 2.76. The molecule has 3 aliphatic heterocycles. The van der Waals surface area contributed by atoms with Crippen molar-refractivity contribution in [3.05, 3.63) is 12.7 Å². The molecule has 0 aromatic heterocycles. The zero-order valence-corrected chi connectivity index (χ0v) is 21.0. The van der Waals surface area contributed by atoms with Crippen LogP contribution in [-0.4, -0.2) is 85.4 Å². The molecule has 7 atom stereocenters. The summed E-state index contributed by atoms with van der Waals surface area (Å²) < 4.78 is 4.63. The Balaban J connectivity index is 2.13. The summed E-state index contributed by atoms with van der Waals surface area (Å²) in [6, 6.07) is -1.29. The maximum Gasteiger partial charge on any atom is 0.310 e. The number of thioether (sulfide) groups is 1. The van der Waals surface area contributed by atoms with E-state index in [1.165, 1.54) is 0 Å². The molecule has 3 rings (SSSR count). The second-order valence-electron chi connectivity index (χ2n) is 8.78. The lowest BCUT2D eigenvalue weighted by Crippen LogP contribution is -2.58. The van der Waals surface area contributed by atoms with Crippen LogP contribution in [0.3, 0.4) is 0 Å². The molecule has 1 spiro atoms. The fourth-order valence-corrected chi connectivity index (χ4v) is 9.09. The van der Waals surface area contributed by atoms with Gasteiger partial charge in [-0.3, -0.25) is 14.4 Å². The van der Waals surface area contributed by atoms with Crippen LogP contribution >= 0.6 is 27.7 Å². The predicted molar refractivity (Wildman–Crippen MR) is 124 cm³/mol. The summed E-state index contributed by atoms with van der Waals surface area (Å²) in [4.78, 5) is 44.0. The van der Waals surface area contributed by atoms with Crippen LogP contribution in [0, 0.1) is 11.8 Å². The van der Waals surface area contributed by atoms with Crippen LogP contribution in [0.15, 0.2) is 12.7 Å². The topological polar surface area (TPSA) is 87.2 Å². The largest absolute Gasteiger partial charge is 0.466 e. The number of amides is 2. The molecule has 3 saturated heterocycles.